The van der Waals surface area contributed by atoms with Gasteiger partial charge in [-0.3, -0.25) is 0 Å². The van der Waals surface area contributed by atoms with E-state index in [2.05, 4.69) is 0 Å². The minimum atomic E-state index is -0.0834. The van der Waals surface area contributed by atoms with Crippen LogP contribution >= 0.6 is 12.4 Å². The van der Waals surface area contributed by atoms with Crippen LogP contribution in [-0.4, -0.2) is 13.7 Å². The lowest BCUT2D eigenvalue weighted by atomic mass is 10.0. The van der Waals surface area contributed by atoms with Crippen LogP contribution in [-0.2, 0) is 6.61 Å². The number of ether oxygens (including phenoxy) is 2. The molecule has 0 saturated heterocycles. The van der Waals surface area contributed by atoms with Crippen LogP contribution in [0.3, 0.4) is 0 Å². The van der Waals surface area contributed by atoms with E-state index >= 15 is 0 Å². The van der Waals surface area contributed by atoms with Crippen molar-refractivity contribution in [3.63, 3.8) is 0 Å². The van der Waals surface area contributed by atoms with Gasteiger partial charge in [-0.05, 0) is 36.2 Å². The summed E-state index contributed by atoms with van der Waals surface area (Å²) < 4.78 is 11.2. The minimum Gasteiger partial charge on any atom is -0.493 e. The van der Waals surface area contributed by atoms with Crippen molar-refractivity contribution < 1.29 is 9.47 Å². The van der Waals surface area contributed by atoms with Gasteiger partial charge in [-0.25, -0.2) is 0 Å². The Bertz CT molecular complexity index is 564. The van der Waals surface area contributed by atoms with Crippen molar-refractivity contribution in [3.05, 3.63) is 59.7 Å². The molecule has 0 aliphatic heterocycles. The van der Waals surface area contributed by atoms with Crippen molar-refractivity contribution >= 4 is 12.4 Å². The molecule has 4 N–H and O–H groups in total. The zero-order valence-corrected chi connectivity index (χ0v) is 13.5. The Hall–Kier alpha value is -1.75. The summed E-state index contributed by atoms with van der Waals surface area (Å²) in [6, 6.07) is 15.7. The average molecular weight is 323 g/mol. The smallest absolute Gasteiger partial charge is 0.161 e. The number of nitrogens with two attached hydrogens (primary N) is 2. The molecule has 0 aromatic heterocycles. The van der Waals surface area contributed by atoms with Crippen LogP contribution in [0.15, 0.2) is 48.5 Å². The van der Waals surface area contributed by atoms with Crippen molar-refractivity contribution in [1.29, 1.82) is 0 Å². The molecule has 4 nitrogen and oxygen atoms in total. The zero-order chi connectivity index (χ0) is 15.1. The lowest BCUT2D eigenvalue weighted by Gasteiger charge is -2.15. The first kappa shape index (κ1) is 18.3. The van der Waals surface area contributed by atoms with Crippen molar-refractivity contribution in [2.45, 2.75) is 19.1 Å². The van der Waals surface area contributed by atoms with Crippen molar-refractivity contribution in [2.75, 3.05) is 13.7 Å². The number of methoxy groups -OCH3 is 1. The molecule has 5 heteroatoms. The maximum absolute atomic E-state index is 6.10. The second-order valence-corrected chi connectivity index (χ2v) is 4.87. The van der Waals surface area contributed by atoms with E-state index in [4.69, 9.17) is 20.9 Å². The highest BCUT2D eigenvalue weighted by molar-refractivity contribution is 5.85. The third-order valence-corrected chi connectivity index (χ3v) is 3.33. The molecule has 0 bridgehead atoms. The lowest BCUT2D eigenvalue weighted by Crippen LogP contribution is -2.15. The van der Waals surface area contributed by atoms with Gasteiger partial charge in [0, 0.05) is 6.04 Å². The van der Waals surface area contributed by atoms with Gasteiger partial charge in [-0.1, -0.05) is 36.4 Å². The van der Waals surface area contributed by atoms with Gasteiger partial charge in [0.05, 0.1) is 7.11 Å². The Labute approximate surface area is 137 Å². The van der Waals surface area contributed by atoms with Gasteiger partial charge in [0.25, 0.3) is 0 Å². The van der Waals surface area contributed by atoms with Gasteiger partial charge in [-0.15, -0.1) is 12.4 Å². The molecule has 0 fully saturated rings. The summed E-state index contributed by atoms with van der Waals surface area (Å²) in [5.41, 5.74) is 13.8. The van der Waals surface area contributed by atoms with Crippen LogP contribution in [0.4, 0.5) is 0 Å². The Morgan fingerprint density at radius 1 is 1.05 bits per heavy atom. The van der Waals surface area contributed by atoms with Crippen molar-refractivity contribution in [2.24, 2.45) is 11.5 Å². The van der Waals surface area contributed by atoms with Gasteiger partial charge in [0.2, 0.25) is 0 Å². The maximum Gasteiger partial charge on any atom is 0.161 e. The molecule has 0 aliphatic carbocycles. The predicted molar refractivity (Wildman–Crippen MR) is 91.6 cm³/mol. The first-order chi connectivity index (χ1) is 10.2. The summed E-state index contributed by atoms with van der Waals surface area (Å²) >= 11 is 0. The first-order valence-corrected chi connectivity index (χ1v) is 7.05. The molecule has 0 saturated carbocycles. The molecule has 2 aromatic carbocycles. The number of benzene rings is 2. The average Bonchev–Trinajstić information content (AvgIpc) is 2.54. The van der Waals surface area contributed by atoms with Crippen LogP contribution in [0.25, 0.3) is 0 Å². The molecule has 0 spiro atoms. The van der Waals surface area contributed by atoms with Crippen molar-refractivity contribution in [3.8, 4) is 11.5 Å². The summed E-state index contributed by atoms with van der Waals surface area (Å²) in [6.45, 7) is 1.06. The van der Waals surface area contributed by atoms with E-state index in [1.54, 1.807) is 7.11 Å². The minimum absolute atomic E-state index is 0. The summed E-state index contributed by atoms with van der Waals surface area (Å²) in [6.07, 6.45) is 0.741. The predicted octanol–water partition coefficient (Wildman–Crippen LogP) is 3.04. The molecular weight excluding hydrogens is 300 g/mol. The van der Waals surface area contributed by atoms with Crippen LogP contribution in [0.5, 0.6) is 11.5 Å². The highest BCUT2D eigenvalue weighted by atomic mass is 35.5. The second kappa shape index (κ2) is 9.30. The Kier molecular flexibility index (Phi) is 7.74. The second-order valence-electron chi connectivity index (χ2n) is 4.87. The number of hydrogen-bond donors (Lipinski definition) is 2. The fourth-order valence-electron chi connectivity index (χ4n) is 2.12. The van der Waals surface area contributed by atoms with E-state index in [0.29, 0.717) is 24.7 Å². The third-order valence-electron chi connectivity index (χ3n) is 3.33. The molecular formula is C17H23ClN2O2. The summed E-state index contributed by atoms with van der Waals surface area (Å²) in [5.74, 6) is 1.40. The highest BCUT2D eigenvalue weighted by Crippen LogP contribution is 2.31. The Morgan fingerprint density at radius 2 is 1.77 bits per heavy atom. The van der Waals surface area contributed by atoms with Gasteiger partial charge < -0.3 is 20.9 Å². The van der Waals surface area contributed by atoms with Gasteiger partial charge in [0.15, 0.2) is 11.5 Å². The summed E-state index contributed by atoms with van der Waals surface area (Å²) in [5, 5.41) is 0. The molecule has 0 amide bonds. The zero-order valence-electron chi connectivity index (χ0n) is 12.7. The molecule has 120 valence electrons. The van der Waals surface area contributed by atoms with Gasteiger partial charge in [-0.2, -0.15) is 0 Å². The largest absolute Gasteiger partial charge is 0.493 e. The normalized spacial score (nSPS) is 11.4. The molecule has 22 heavy (non-hydrogen) atoms. The van der Waals surface area contributed by atoms with Gasteiger partial charge >= 0.3 is 0 Å². The maximum atomic E-state index is 6.10. The molecule has 0 aliphatic rings. The van der Waals surface area contributed by atoms with Crippen LogP contribution in [0, 0.1) is 0 Å². The molecule has 1 atom stereocenters. The van der Waals surface area contributed by atoms with Crippen LogP contribution in [0.2, 0.25) is 0 Å². The SMILES string of the molecule is COc1ccc([C@@H](N)CCN)cc1OCc1ccccc1.Cl. The van der Waals surface area contributed by atoms with E-state index in [1.165, 1.54) is 0 Å². The van der Waals surface area contributed by atoms with Crippen molar-refractivity contribution in [1.82, 2.24) is 0 Å². The first-order valence-electron chi connectivity index (χ1n) is 7.05. The molecule has 2 rings (SSSR count). The number of rotatable bonds is 7. The fraction of sp³-hybridized carbons (Fsp3) is 0.294. The monoisotopic (exact) mass is 322 g/mol. The highest BCUT2D eigenvalue weighted by Gasteiger charge is 2.11. The fourth-order valence-corrected chi connectivity index (χ4v) is 2.12. The molecule has 0 unspecified atom stereocenters. The molecule has 2 aromatic rings. The number of halogens is 1. The van der Waals surface area contributed by atoms with E-state index in [0.717, 1.165) is 17.5 Å². The van der Waals surface area contributed by atoms with E-state index in [9.17, 15) is 0 Å². The lowest BCUT2D eigenvalue weighted by molar-refractivity contribution is 0.284. The molecule has 0 radical (unpaired) electrons. The quantitative estimate of drug-likeness (QED) is 0.822. The topological polar surface area (TPSA) is 70.5 Å². The van der Waals surface area contributed by atoms with Gasteiger partial charge in [0.1, 0.15) is 6.61 Å². The number of hydrogen-bond acceptors (Lipinski definition) is 4. The van der Waals surface area contributed by atoms with E-state index in [1.807, 2.05) is 48.5 Å². The molecule has 0 heterocycles. The standard InChI is InChI=1S/C17H22N2O2.ClH/c1-20-16-8-7-14(15(19)9-10-18)11-17(16)21-12-13-5-3-2-4-6-13;/h2-8,11,15H,9-10,12,18-19H2,1H3;1H/t15-;/m0./s1. The Morgan fingerprint density at radius 3 is 2.41 bits per heavy atom. The van der Waals surface area contributed by atoms with Crippen LogP contribution in [0.1, 0.15) is 23.6 Å². The Balaban J connectivity index is 0.00000242. The van der Waals surface area contributed by atoms with E-state index in [-0.39, 0.29) is 18.4 Å². The summed E-state index contributed by atoms with van der Waals surface area (Å²) in [7, 11) is 1.63. The third kappa shape index (κ3) is 4.91. The van der Waals surface area contributed by atoms with Crippen LogP contribution < -0.4 is 20.9 Å². The van der Waals surface area contributed by atoms with E-state index < -0.39 is 0 Å². The summed E-state index contributed by atoms with van der Waals surface area (Å²) in [4.78, 5) is 0.